The van der Waals surface area contributed by atoms with Crippen molar-refractivity contribution >= 4 is 20.7 Å². The average Bonchev–Trinajstić information content (AvgIpc) is 1.88. The summed E-state index contributed by atoms with van der Waals surface area (Å²) in [7, 11) is 3.86. The van der Waals surface area contributed by atoms with Crippen LogP contribution in [0.2, 0.25) is 0 Å². The minimum absolute atomic E-state index is 0.548. The zero-order valence-electron chi connectivity index (χ0n) is 5.37. The molecule has 1 atom stereocenters. The van der Waals surface area contributed by atoms with E-state index in [0.29, 0.717) is 4.90 Å². The summed E-state index contributed by atoms with van der Waals surface area (Å²) in [5, 5.41) is 0. The van der Waals surface area contributed by atoms with Crippen LogP contribution >= 0.6 is 10.7 Å². The summed E-state index contributed by atoms with van der Waals surface area (Å²) < 4.78 is 10.6. The molecule has 0 N–H and O–H groups in total. The maximum atomic E-state index is 10.6. The number of halogens is 1. The van der Waals surface area contributed by atoms with Gasteiger partial charge in [0.15, 0.2) is 0 Å². The molecule has 0 fully saturated rings. The highest BCUT2D eigenvalue weighted by Gasteiger charge is 1.97. The molecule has 0 amide bonds. The summed E-state index contributed by atoms with van der Waals surface area (Å²) in [5.41, 5.74) is 0.894. The van der Waals surface area contributed by atoms with Gasteiger partial charge in [0.2, 0.25) is 0 Å². The van der Waals surface area contributed by atoms with Gasteiger partial charge in [-0.25, -0.2) is 4.21 Å². The molecule has 0 spiro atoms. The number of aromatic nitrogens is 1. The van der Waals surface area contributed by atoms with E-state index in [1.807, 2.05) is 6.92 Å². The first-order chi connectivity index (χ1) is 4.70. The van der Waals surface area contributed by atoms with Crippen molar-refractivity contribution in [1.29, 1.82) is 0 Å². The number of hydrogen-bond acceptors (Lipinski definition) is 2. The van der Waals surface area contributed by atoms with Gasteiger partial charge in [0.1, 0.15) is 10.0 Å². The van der Waals surface area contributed by atoms with Crippen LogP contribution in [0.1, 0.15) is 5.69 Å². The predicted octanol–water partition coefficient (Wildman–Crippen LogP) is 1.65. The molecule has 0 aromatic carbocycles. The lowest BCUT2D eigenvalue weighted by Gasteiger charge is -1.92. The molecule has 1 rings (SSSR count). The van der Waals surface area contributed by atoms with Crippen molar-refractivity contribution in [1.82, 2.24) is 4.98 Å². The molecule has 0 aliphatic heterocycles. The molecule has 2 nitrogen and oxygen atoms in total. The van der Waals surface area contributed by atoms with Crippen LogP contribution < -0.4 is 0 Å². The van der Waals surface area contributed by atoms with E-state index in [1.54, 1.807) is 12.1 Å². The summed E-state index contributed by atoms with van der Waals surface area (Å²) in [6.45, 7) is 1.86. The van der Waals surface area contributed by atoms with Gasteiger partial charge in [-0.2, -0.15) is 0 Å². The zero-order chi connectivity index (χ0) is 7.56. The summed E-state index contributed by atoms with van der Waals surface area (Å²) in [5.74, 6) is 0. The Morgan fingerprint density at radius 2 is 2.30 bits per heavy atom. The van der Waals surface area contributed by atoms with Crippen molar-refractivity contribution < 1.29 is 4.21 Å². The average molecular weight is 176 g/mol. The Morgan fingerprint density at radius 3 is 2.70 bits per heavy atom. The van der Waals surface area contributed by atoms with Crippen molar-refractivity contribution in [2.75, 3.05) is 0 Å². The second kappa shape index (κ2) is 3.12. The van der Waals surface area contributed by atoms with Gasteiger partial charge in [0, 0.05) is 11.9 Å². The van der Waals surface area contributed by atoms with Crippen LogP contribution in [0.25, 0.3) is 0 Å². The monoisotopic (exact) mass is 175 g/mol. The molecular formula is C6H6ClNOS. The van der Waals surface area contributed by atoms with E-state index in [-0.39, 0.29) is 0 Å². The van der Waals surface area contributed by atoms with Crippen molar-refractivity contribution in [2.24, 2.45) is 0 Å². The van der Waals surface area contributed by atoms with Crippen LogP contribution in [0.4, 0.5) is 0 Å². The molecule has 0 saturated carbocycles. The van der Waals surface area contributed by atoms with Crippen molar-refractivity contribution in [3.05, 3.63) is 24.0 Å². The van der Waals surface area contributed by atoms with Gasteiger partial charge < -0.3 is 0 Å². The zero-order valence-corrected chi connectivity index (χ0v) is 6.95. The molecule has 1 heterocycles. The minimum atomic E-state index is -1.43. The lowest BCUT2D eigenvalue weighted by Crippen LogP contribution is -1.84. The summed E-state index contributed by atoms with van der Waals surface area (Å²) >= 11 is 0. The van der Waals surface area contributed by atoms with Crippen LogP contribution in [0, 0.1) is 6.92 Å². The third-order valence-electron chi connectivity index (χ3n) is 1.07. The molecule has 0 bridgehead atoms. The fourth-order valence-electron chi connectivity index (χ4n) is 0.549. The molecule has 1 unspecified atom stereocenters. The lowest BCUT2D eigenvalue weighted by molar-refractivity contribution is 0.691. The molecule has 54 valence electrons. The van der Waals surface area contributed by atoms with E-state index in [1.165, 1.54) is 6.20 Å². The second-order valence-corrected chi connectivity index (χ2v) is 3.62. The Hall–Kier alpha value is -0.410. The highest BCUT2D eigenvalue weighted by atomic mass is 35.7. The molecule has 0 aliphatic rings. The Bertz CT molecular complexity index is 246. The molecule has 0 radical (unpaired) electrons. The quantitative estimate of drug-likeness (QED) is 0.608. The first kappa shape index (κ1) is 7.69. The van der Waals surface area contributed by atoms with Gasteiger partial charge in [0.05, 0.1) is 4.90 Å². The summed E-state index contributed by atoms with van der Waals surface area (Å²) in [6.07, 6.45) is 1.51. The van der Waals surface area contributed by atoms with Crippen LogP contribution in [0.3, 0.4) is 0 Å². The third-order valence-corrected chi connectivity index (χ3v) is 2.22. The fraction of sp³-hybridized carbons (Fsp3) is 0.167. The highest BCUT2D eigenvalue weighted by molar-refractivity contribution is 8.08. The molecule has 0 aliphatic carbocycles. The third kappa shape index (κ3) is 1.78. The van der Waals surface area contributed by atoms with Crippen molar-refractivity contribution in [3.8, 4) is 0 Å². The number of rotatable bonds is 1. The second-order valence-electron chi connectivity index (χ2n) is 1.86. The smallest absolute Gasteiger partial charge is 0.149 e. The minimum Gasteiger partial charge on any atom is -0.260 e. The predicted molar refractivity (Wildman–Crippen MR) is 41.2 cm³/mol. The Morgan fingerprint density at radius 1 is 1.60 bits per heavy atom. The van der Waals surface area contributed by atoms with E-state index >= 15 is 0 Å². The van der Waals surface area contributed by atoms with Crippen molar-refractivity contribution in [3.63, 3.8) is 0 Å². The first-order valence-corrected chi connectivity index (χ1v) is 4.68. The van der Waals surface area contributed by atoms with Gasteiger partial charge >= 0.3 is 0 Å². The SMILES string of the molecule is Cc1ccc(S(=O)Cl)cn1. The molecule has 4 heteroatoms. The molecule has 1 aromatic heterocycles. The molecular weight excluding hydrogens is 170 g/mol. The Balaban J connectivity index is 3.00. The van der Waals surface area contributed by atoms with Crippen molar-refractivity contribution in [2.45, 2.75) is 11.8 Å². The Labute approximate surface area is 66.2 Å². The lowest BCUT2D eigenvalue weighted by atomic mass is 10.4. The van der Waals surface area contributed by atoms with E-state index < -0.39 is 10.0 Å². The number of pyridine rings is 1. The van der Waals surface area contributed by atoms with E-state index in [2.05, 4.69) is 4.98 Å². The van der Waals surface area contributed by atoms with Gasteiger partial charge in [-0.05, 0) is 29.7 Å². The number of hydrogen-bond donors (Lipinski definition) is 0. The number of nitrogens with zero attached hydrogens (tertiary/aromatic N) is 1. The Kier molecular flexibility index (Phi) is 2.40. The van der Waals surface area contributed by atoms with Crippen LogP contribution in [-0.2, 0) is 10.0 Å². The topological polar surface area (TPSA) is 30.0 Å². The molecule has 1 aromatic rings. The van der Waals surface area contributed by atoms with E-state index in [0.717, 1.165) is 5.69 Å². The van der Waals surface area contributed by atoms with E-state index in [4.69, 9.17) is 10.7 Å². The maximum absolute atomic E-state index is 10.6. The van der Waals surface area contributed by atoms with Gasteiger partial charge in [-0.3, -0.25) is 4.98 Å². The van der Waals surface area contributed by atoms with Gasteiger partial charge in [0.25, 0.3) is 0 Å². The van der Waals surface area contributed by atoms with Gasteiger partial charge in [-0.1, -0.05) is 0 Å². The van der Waals surface area contributed by atoms with Crippen LogP contribution in [0.5, 0.6) is 0 Å². The fourth-order valence-corrected chi connectivity index (χ4v) is 1.13. The largest absolute Gasteiger partial charge is 0.260 e. The first-order valence-electron chi connectivity index (χ1n) is 2.71. The normalized spacial score (nSPS) is 13.0. The summed E-state index contributed by atoms with van der Waals surface area (Å²) in [4.78, 5) is 4.47. The summed E-state index contributed by atoms with van der Waals surface area (Å²) in [6, 6.07) is 3.47. The van der Waals surface area contributed by atoms with Crippen LogP contribution in [-0.4, -0.2) is 9.19 Å². The van der Waals surface area contributed by atoms with Gasteiger partial charge in [-0.15, -0.1) is 0 Å². The van der Waals surface area contributed by atoms with Crippen LogP contribution in [0.15, 0.2) is 23.2 Å². The molecule has 10 heavy (non-hydrogen) atoms. The standard InChI is InChI=1S/C6H6ClNOS/c1-5-2-3-6(4-8-5)10(7)9/h2-4H,1H3. The molecule has 0 saturated heterocycles. The van der Waals surface area contributed by atoms with E-state index in [9.17, 15) is 4.21 Å². The number of aryl methyl sites for hydroxylation is 1. The highest BCUT2D eigenvalue weighted by Crippen LogP contribution is 2.07. The maximum Gasteiger partial charge on any atom is 0.149 e.